The number of aliphatic hydroxyl groups is 1. The van der Waals surface area contributed by atoms with Crippen LogP contribution in [0.5, 0.6) is 0 Å². The molecule has 0 aliphatic carbocycles. The largest absolute Gasteiger partial charge is 0.394 e. The number of nitrogens with zero attached hydrogens (tertiary/aromatic N) is 2. The number of nitrogens with one attached hydrogen (secondary N) is 1. The normalized spacial score (nSPS) is 12.8. The molecule has 2 rings (SSSR count). The first-order chi connectivity index (χ1) is 8.69. The van der Waals surface area contributed by atoms with Crippen molar-refractivity contribution >= 4 is 22.9 Å². The van der Waals surface area contributed by atoms with Gasteiger partial charge in [0.15, 0.2) is 0 Å². The summed E-state index contributed by atoms with van der Waals surface area (Å²) < 4.78 is 2.55. The highest BCUT2D eigenvalue weighted by Gasteiger charge is 2.08. The van der Waals surface area contributed by atoms with Crippen LogP contribution in [0.2, 0.25) is 4.34 Å². The molecule has 0 aliphatic heterocycles. The fourth-order valence-electron chi connectivity index (χ4n) is 1.65. The summed E-state index contributed by atoms with van der Waals surface area (Å²) in [4.78, 5) is 1.22. The van der Waals surface area contributed by atoms with Crippen molar-refractivity contribution < 1.29 is 5.11 Å². The Morgan fingerprint density at radius 2 is 2.39 bits per heavy atom. The lowest BCUT2D eigenvalue weighted by Crippen LogP contribution is -2.16. The molecule has 1 unspecified atom stereocenters. The second kappa shape index (κ2) is 6.33. The van der Waals surface area contributed by atoms with Crippen LogP contribution in [-0.2, 0) is 13.1 Å². The van der Waals surface area contributed by atoms with Gasteiger partial charge in [-0.25, -0.2) is 0 Å². The highest BCUT2D eigenvalue weighted by Crippen LogP contribution is 2.26. The number of rotatable bonds is 6. The quantitative estimate of drug-likeness (QED) is 0.857. The topological polar surface area (TPSA) is 50.1 Å². The van der Waals surface area contributed by atoms with Gasteiger partial charge >= 0.3 is 0 Å². The van der Waals surface area contributed by atoms with Crippen LogP contribution in [0.4, 0.5) is 0 Å². The minimum Gasteiger partial charge on any atom is -0.394 e. The van der Waals surface area contributed by atoms with E-state index in [0.29, 0.717) is 6.54 Å². The van der Waals surface area contributed by atoms with E-state index in [-0.39, 0.29) is 12.6 Å². The molecule has 0 aromatic carbocycles. The molecule has 2 heterocycles. The van der Waals surface area contributed by atoms with Crippen molar-refractivity contribution in [1.82, 2.24) is 15.1 Å². The molecule has 2 aromatic rings. The summed E-state index contributed by atoms with van der Waals surface area (Å²) in [5.74, 6) is 0. The third-order valence-electron chi connectivity index (χ3n) is 2.65. The van der Waals surface area contributed by atoms with Crippen molar-refractivity contribution in [2.75, 3.05) is 6.61 Å². The second-order valence-electron chi connectivity index (χ2n) is 4.08. The Balaban J connectivity index is 1.86. The van der Waals surface area contributed by atoms with Crippen LogP contribution in [-0.4, -0.2) is 21.5 Å². The molecule has 0 spiro atoms. The predicted molar refractivity (Wildman–Crippen MR) is 73.9 cm³/mol. The molecule has 2 N–H and O–H groups in total. The van der Waals surface area contributed by atoms with Gasteiger partial charge in [0.25, 0.3) is 0 Å². The van der Waals surface area contributed by atoms with E-state index in [1.54, 1.807) is 16.0 Å². The molecule has 98 valence electrons. The van der Waals surface area contributed by atoms with Crippen LogP contribution in [0.25, 0.3) is 0 Å². The van der Waals surface area contributed by atoms with E-state index in [2.05, 4.69) is 17.3 Å². The molecule has 0 bridgehead atoms. The average Bonchev–Trinajstić information content (AvgIpc) is 2.96. The van der Waals surface area contributed by atoms with Crippen molar-refractivity contribution in [2.24, 2.45) is 0 Å². The van der Waals surface area contributed by atoms with Crippen LogP contribution in [0.15, 0.2) is 24.5 Å². The molecule has 2 aromatic heterocycles. The van der Waals surface area contributed by atoms with Crippen molar-refractivity contribution in [3.63, 3.8) is 0 Å². The third-order valence-corrected chi connectivity index (χ3v) is 4.06. The lowest BCUT2D eigenvalue weighted by atomic mass is 10.2. The summed E-state index contributed by atoms with van der Waals surface area (Å²) in [7, 11) is 0. The van der Waals surface area contributed by atoms with Crippen LogP contribution in [0.3, 0.4) is 0 Å². The van der Waals surface area contributed by atoms with Gasteiger partial charge in [0.2, 0.25) is 0 Å². The summed E-state index contributed by atoms with van der Waals surface area (Å²) in [5.41, 5.74) is 1.11. The van der Waals surface area contributed by atoms with Crippen molar-refractivity contribution in [3.05, 3.63) is 39.3 Å². The highest BCUT2D eigenvalue weighted by atomic mass is 35.5. The molecule has 0 saturated heterocycles. The zero-order valence-corrected chi connectivity index (χ0v) is 11.7. The second-order valence-corrected chi connectivity index (χ2v) is 5.83. The first-order valence-corrected chi connectivity index (χ1v) is 6.99. The highest BCUT2D eigenvalue weighted by molar-refractivity contribution is 7.16. The fourth-order valence-corrected chi connectivity index (χ4v) is 2.74. The molecule has 0 amide bonds. The Labute approximate surface area is 115 Å². The van der Waals surface area contributed by atoms with Crippen LogP contribution in [0.1, 0.15) is 23.4 Å². The maximum Gasteiger partial charge on any atom is 0.0931 e. The zero-order valence-electron chi connectivity index (χ0n) is 10.1. The average molecular weight is 286 g/mol. The van der Waals surface area contributed by atoms with E-state index in [4.69, 9.17) is 16.7 Å². The lowest BCUT2D eigenvalue weighted by Gasteiger charge is -2.10. The standard InChI is InChI=1S/C12H16ClN3OS/c1-9(11-2-3-12(13)18-11)14-6-10-7-15-16(8-10)4-5-17/h2-3,7-9,14,17H,4-6H2,1H3. The predicted octanol–water partition coefficient (Wildman–Crippen LogP) is 2.44. The van der Waals surface area contributed by atoms with Crippen LogP contribution in [0, 0.1) is 0 Å². The van der Waals surface area contributed by atoms with Gasteiger partial charge in [-0.2, -0.15) is 5.10 Å². The number of hydrogen-bond acceptors (Lipinski definition) is 4. The van der Waals surface area contributed by atoms with E-state index in [1.165, 1.54) is 4.88 Å². The van der Waals surface area contributed by atoms with Gasteiger partial charge in [-0.05, 0) is 19.1 Å². The summed E-state index contributed by atoms with van der Waals surface area (Å²) in [6, 6.07) is 4.22. The van der Waals surface area contributed by atoms with Gasteiger partial charge in [0.1, 0.15) is 0 Å². The number of aliphatic hydroxyl groups excluding tert-OH is 1. The fraction of sp³-hybridized carbons (Fsp3) is 0.417. The Bertz CT molecular complexity index is 497. The first kappa shape index (κ1) is 13.5. The lowest BCUT2D eigenvalue weighted by molar-refractivity contribution is 0.269. The smallest absolute Gasteiger partial charge is 0.0931 e. The summed E-state index contributed by atoms with van der Waals surface area (Å²) >= 11 is 7.51. The Kier molecular flexibility index (Phi) is 4.77. The minimum absolute atomic E-state index is 0.110. The Morgan fingerprint density at radius 3 is 3.06 bits per heavy atom. The van der Waals surface area contributed by atoms with Gasteiger partial charge < -0.3 is 10.4 Å². The molecule has 0 radical (unpaired) electrons. The van der Waals surface area contributed by atoms with Crippen molar-refractivity contribution in [2.45, 2.75) is 26.1 Å². The zero-order chi connectivity index (χ0) is 13.0. The van der Waals surface area contributed by atoms with E-state index < -0.39 is 0 Å². The van der Waals surface area contributed by atoms with E-state index in [0.717, 1.165) is 16.4 Å². The number of halogens is 1. The summed E-state index contributed by atoms with van der Waals surface area (Å²) in [6.45, 7) is 3.51. The van der Waals surface area contributed by atoms with Crippen LogP contribution < -0.4 is 5.32 Å². The number of aromatic nitrogens is 2. The number of hydrogen-bond donors (Lipinski definition) is 2. The van der Waals surface area contributed by atoms with E-state index >= 15 is 0 Å². The van der Waals surface area contributed by atoms with Gasteiger partial charge in [-0.1, -0.05) is 11.6 Å². The summed E-state index contributed by atoms with van der Waals surface area (Å²) in [5, 5.41) is 16.4. The first-order valence-electron chi connectivity index (χ1n) is 5.80. The molecule has 18 heavy (non-hydrogen) atoms. The van der Waals surface area contributed by atoms with E-state index in [1.807, 2.05) is 24.5 Å². The van der Waals surface area contributed by atoms with E-state index in [9.17, 15) is 0 Å². The molecule has 0 aliphatic rings. The van der Waals surface area contributed by atoms with Gasteiger partial charge in [-0.15, -0.1) is 11.3 Å². The molecule has 1 atom stereocenters. The maximum absolute atomic E-state index is 8.81. The monoisotopic (exact) mass is 285 g/mol. The molecule has 0 saturated carbocycles. The molecule has 4 nitrogen and oxygen atoms in total. The Morgan fingerprint density at radius 1 is 1.56 bits per heavy atom. The third kappa shape index (κ3) is 3.55. The molecular weight excluding hydrogens is 270 g/mol. The Hall–Kier alpha value is -0.880. The summed E-state index contributed by atoms with van der Waals surface area (Å²) in [6.07, 6.45) is 3.76. The molecule has 6 heteroatoms. The van der Waals surface area contributed by atoms with Crippen LogP contribution >= 0.6 is 22.9 Å². The number of thiophene rings is 1. The van der Waals surface area contributed by atoms with Crippen molar-refractivity contribution in [3.8, 4) is 0 Å². The molecule has 0 fully saturated rings. The van der Waals surface area contributed by atoms with Gasteiger partial charge in [0.05, 0.1) is 23.7 Å². The maximum atomic E-state index is 8.81. The van der Waals surface area contributed by atoms with Gasteiger partial charge in [-0.3, -0.25) is 4.68 Å². The SMILES string of the molecule is CC(NCc1cnn(CCO)c1)c1ccc(Cl)s1. The van der Waals surface area contributed by atoms with Crippen molar-refractivity contribution in [1.29, 1.82) is 0 Å². The molecular formula is C12H16ClN3OS. The minimum atomic E-state index is 0.110. The van der Waals surface area contributed by atoms with Gasteiger partial charge in [0, 0.05) is 29.2 Å².